The molecule has 3 N–H and O–H groups in total. The molecule has 31 heavy (non-hydrogen) atoms. The predicted octanol–water partition coefficient (Wildman–Crippen LogP) is 0.705. The number of piperazine rings is 1. The minimum atomic E-state index is -3.80. The molecule has 1 aliphatic heterocycles. The van der Waals surface area contributed by atoms with Crippen molar-refractivity contribution in [2.75, 3.05) is 37.6 Å². The van der Waals surface area contributed by atoms with E-state index in [2.05, 4.69) is 36.6 Å². The maximum Gasteiger partial charge on any atom is 0.326 e. The molecule has 1 saturated heterocycles. The number of anilines is 1. The average Bonchev–Trinajstić information content (AvgIpc) is 2.78. The van der Waals surface area contributed by atoms with Crippen molar-refractivity contribution >= 4 is 26.6 Å². The Labute approximate surface area is 179 Å². The van der Waals surface area contributed by atoms with Gasteiger partial charge in [-0.25, -0.2) is 17.9 Å². The van der Waals surface area contributed by atoms with Crippen molar-refractivity contribution in [2.45, 2.75) is 17.9 Å². The van der Waals surface area contributed by atoms with Crippen molar-refractivity contribution in [3.05, 3.63) is 69.4 Å². The molecule has 0 amide bonds. The van der Waals surface area contributed by atoms with Crippen LogP contribution in [0.2, 0.25) is 0 Å². The van der Waals surface area contributed by atoms with Gasteiger partial charge in [0.25, 0.3) is 5.56 Å². The fourth-order valence-electron chi connectivity index (χ4n) is 3.81. The second-order valence-electron chi connectivity index (χ2n) is 7.68. The van der Waals surface area contributed by atoms with E-state index < -0.39 is 21.3 Å². The lowest BCUT2D eigenvalue weighted by Crippen LogP contribution is -2.52. The summed E-state index contributed by atoms with van der Waals surface area (Å²) in [5.41, 5.74) is 0.230. The maximum atomic E-state index is 12.8. The van der Waals surface area contributed by atoms with Crippen molar-refractivity contribution in [1.29, 1.82) is 0 Å². The highest BCUT2D eigenvalue weighted by atomic mass is 32.2. The number of benzene rings is 2. The van der Waals surface area contributed by atoms with Gasteiger partial charge in [-0.2, -0.15) is 0 Å². The van der Waals surface area contributed by atoms with Crippen LogP contribution in [0.3, 0.4) is 0 Å². The fraction of sp³-hybridized carbons (Fsp3) is 0.333. The van der Waals surface area contributed by atoms with Crippen LogP contribution in [0.4, 0.5) is 5.69 Å². The van der Waals surface area contributed by atoms with Crippen molar-refractivity contribution in [3.8, 4) is 0 Å². The minimum absolute atomic E-state index is 0.0151. The van der Waals surface area contributed by atoms with E-state index in [9.17, 15) is 18.0 Å². The zero-order chi connectivity index (χ0) is 22.0. The number of H-pyrrole nitrogens is 2. The molecule has 1 fully saturated rings. The molecule has 10 heteroatoms. The van der Waals surface area contributed by atoms with Gasteiger partial charge in [0.15, 0.2) is 0 Å². The molecule has 0 saturated carbocycles. The molecule has 9 nitrogen and oxygen atoms in total. The monoisotopic (exact) mass is 443 g/mol. The van der Waals surface area contributed by atoms with Gasteiger partial charge in [0.2, 0.25) is 10.0 Å². The Balaban J connectivity index is 1.39. The Morgan fingerprint density at radius 1 is 1.00 bits per heavy atom. The van der Waals surface area contributed by atoms with Gasteiger partial charge in [-0.1, -0.05) is 18.2 Å². The average molecular weight is 444 g/mol. The van der Waals surface area contributed by atoms with Crippen molar-refractivity contribution in [3.63, 3.8) is 0 Å². The lowest BCUT2D eigenvalue weighted by Gasteiger charge is -2.39. The van der Waals surface area contributed by atoms with Crippen LogP contribution < -0.4 is 20.9 Å². The molecular formula is C21H25N5O4S. The van der Waals surface area contributed by atoms with Gasteiger partial charge in [-0.15, -0.1) is 0 Å². The second-order valence-corrected chi connectivity index (χ2v) is 9.44. The molecular weight excluding hydrogens is 418 g/mol. The highest BCUT2D eigenvalue weighted by Gasteiger charge is 2.23. The third-order valence-corrected chi connectivity index (χ3v) is 7.07. The highest BCUT2D eigenvalue weighted by molar-refractivity contribution is 7.89. The molecule has 2 aromatic carbocycles. The van der Waals surface area contributed by atoms with E-state index in [1.165, 1.54) is 23.9 Å². The van der Waals surface area contributed by atoms with Gasteiger partial charge >= 0.3 is 5.69 Å². The normalized spacial score (nSPS) is 16.5. The maximum absolute atomic E-state index is 12.8. The van der Waals surface area contributed by atoms with Crippen LogP contribution in [0.25, 0.3) is 10.9 Å². The largest absolute Gasteiger partial charge is 0.369 e. The predicted molar refractivity (Wildman–Crippen MR) is 120 cm³/mol. The van der Waals surface area contributed by atoms with Gasteiger partial charge < -0.3 is 9.88 Å². The first-order valence-electron chi connectivity index (χ1n) is 10.1. The number of sulfonamides is 1. The Morgan fingerprint density at radius 3 is 2.42 bits per heavy atom. The summed E-state index contributed by atoms with van der Waals surface area (Å²) in [4.78, 5) is 32.5. The van der Waals surface area contributed by atoms with Crippen LogP contribution in [0.5, 0.6) is 0 Å². The van der Waals surface area contributed by atoms with Gasteiger partial charge in [0.1, 0.15) is 0 Å². The molecule has 2 heterocycles. The number of para-hydroxylation sites is 1. The molecule has 0 aliphatic carbocycles. The summed E-state index contributed by atoms with van der Waals surface area (Å²) in [6.07, 6.45) is 0. The van der Waals surface area contributed by atoms with Crippen LogP contribution in [-0.4, -0.2) is 62.1 Å². The van der Waals surface area contributed by atoms with E-state index in [1.54, 1.807) is 0 Å². The second kappa shape index (κ2) is 8.66. The van der Waals surface area contributed by atoms with Crippen molar-refractivity contribution < 1.29 is 8.42 Å². The Morgan fingerprint density at radius 2 is 1.71 bits per heavy atom. The molecule has 1 atom stereocenters. The lowest BCUT2D eigenvalue weighted by molar-refractivity contribution is 0.198. The minimum Gasteiger partial charge on any atom is -0.369 e. The number of rotatable bonds is 6. The van der Waals surface area contributed by atoms with E-state index in [0.29, 0.717) is 0 Å². The molecule has 0 radical (unpaired) electrons. The van der Waals surface area contributed by atoms with Crippen LogP contribution in [0.1, 0.15) is 6.92 Å². The Bertz CT molecular complexity index is 1280. The quantitative estimate of drug-likeness (QED) is 0.516. The Hall–Kier alpha value is -2.95. The first-order chi connectivity index (χ1) is 14.8. The highest BCUT2D eigenvalue weighted by Crippen LogP contribution is 2.17. The topological polar surface area (TPSA) is 118 Å². The van der Waals surface area contributed by atoms with E-state index in [4.69, 9.17) is 0 Å². The first kappa shape index (κ1) is 21.3. The summed E-state index contributed by atoms with van der Waals surface area (Å²) in [6, 6.07) is 14.3. The van der Waals surface area contributed by atoms with Crippen LogP contribution in [-0.2, 0) is 10.0 Å². The third kappa shape index (κ3) is 4.71. The van der Waals surface area contributed by atoms with E-state index in [1.807, 2.05) is 25.1 Å². The molecule has 1 unspecified atom stereocenters. The smallest absolute Gasteiger partial charge is 0.326 e. The zero-order valence-corrected chi connectivity index (χ0v) is 18.0. The molecule has 4 rings (SSSR count). The zero-order valence-electron chi connectivity index (χ0n) is 17.2. The number of hydrogen-bond donors (Lipinski definition) is 3. The van der Waals surface area contributed by atoms with E-state index in [0.717, 1.165) is 26.2 Å². The van der Waals surface area contributed by atoms with E-state index >= 15 is 0 Å². The lowest BCUT2D eigenvalue weighted by atomic mass is 10.2. The van der Waals surface area contributed by atoms with Gasteiger partial charge in [-0.3, -0.25) is 14.7 Å². The number of hydrogen-bond acceptors (Lipinski definition) is 6. The molecule has 0 spiro atoms. The molecule has 1 aliphatic rings. The van der Waals surface area contributed by atoms with Crippen LogP contribution in [0, 0.1) is 0 Å². The number of aromatic nitrogens is 2. The summed E-state index contributed by atoms with van der Waals surface area (Å²) in [5.74, 6) is 0. The molecule has 0 bridgehead atoms. The molecule has 1 aromatic heterocycles. The number of fused-ring (bicyclic) bond motifs is 1. The summed E-state index contributed by atoms with van der Waals surface area (Å²) < 4.78 is 28.2. The third-order valence-electron chi connectivity index (χ3n) is 5.65. The molecule has 164 valence electrons. The van der Waals surface area contributed by atoms with Gasteiger partial charge in [0, 0.05) is 44.5 Å². The fourth-order valence-corrected chi connectivity index (χ4v) is 4.96. The summed E-state index contributed by atoms with van der Waals surface area (Å²) in [7, 11) is -3.80. The van der Waals surface area contributed by atoms with Crippen LogP contribution >= 0.6 is 0 Å². The SMILES string of the molecule is CC(CNS(=O)(=O)c1ccc2[nH]c(=O)[nH]c(=O)c2c1)N1CCN(c2ccccc2)CC1. The number of nitrogens with one attached hydrogen (secondary N) is 3. The van der Waals surface area contributed by atoms with Gasteiger partial charge in [-0.05, 0) is 37.3 Å². The van der Waals surface area contributed by atoms with Crippen molar-refractivity contribution in [2.24, 2.45) is 0 Å². The number of aromatic amines is 2. The summed E-state index contributed by atoms with van der Waals surface area (Å²) >= 11 is 0. The summed E-state index contributed by atoms with van der Waals surface area (Å²) in [5, 5.41) is 0.118. The van der Waals surface area contributed by atoms with Crippen LogP contribution in [0.15, 0.2) is 63.0 Å². The van der Waals surface area contributed by atoms with Crippen molar-refractivity contribution in [1.82, 2.24) is 19.6 Å². The first-order valence-corrected chi connectivity index (χ1v) is 11.6. The standard InChI is InChI=1S/C21H25N5O4S/c1-15(25-9-11-26(12-10-25)16-5-3-2-4-6-16)14-22-31(29,30)17-7-8-19-18(13-17)20(27)24-21(28)23-19/h2-8,13,15,22H,9-12,14H2,1H3,(H2,23,24,27,28). The Kier molecular flexibility index (Phi) is 5.94. The summed E-state index contributed by atoms with van der Waals surface area (Å²) in [6.45, 7) is 5.71. The molecule has 3 aromatic rings. The van der Waals surface area contributed by atoms with Gasteiger partial charge in [0.05, 0.1) is 15.8 Å². The number of nitrogens with zero attached hydrogens (tertiary/aromatic N) is 2. The van der Waals surface area contributed by atoms with E-state index in [-0.39, 0.29) is 28.4 Å².